The second kappa shape index (κ2) is 8.04. The molecule has 2 aromatic carbocycles. The average molecular weight is 431 g/mol. The lowest BCUT2D eigenvalue weighted by atomic mass is 9.65. The third-order valence-electron chi connectivity index (χ3n) is 6.27. The van der Waals surface area contributed by atoms with Gasteiger partial charge in [0, 0.05) is 5.41 Å². The summed E-state index contributed by atoms with van der Waals surface area (Å²) in [7, 11) is -3.43. The van der Waals surface area contributed by atoms with Crippen molar-refractivity contribution in [2.24, 2.45) is 5.41 Å². The van der Waals surface area contributed by atoms with Gasteiger partial charge in [0.2, 0.25) is 0 Å². The highest BCUT2D eigenvalue weighted by atomic mass is 32.2. The van der Waals surface area contributed by atoms with Crippen molar-refractivity contribution >= 4 is 15.8 Å². The van der Waals surface area contributed by atoms with Gasteiger partial charge in [-0.25, -0.2) is 8.42 Å². The maximum absolute atomic E-state index is 12.4. The fourth-order valence-corrected chi connectivity index (χ4v) is 6.51. The summed E-state index contributed by atoms with van der Waals surface area (Å²) in [5, 5.41) is 8.79. The van der Waals surface area contributed by atoms with Gasteiger partial charge in [-0.3, -0.25) is 4.79 Å². The number of aliphatic carboxylic acids is 1. The van der Waals surface area contributed by atoms with Crippen LogP contribution in [0.25, 0.3) is 0 Å². The van der Waals surface area contributed by atoms with Gasteiger partial charge in [-0.15, -0.1) is 0 Å². The topological polar surface area (TPSA) is 89.9 Å². The van der Waals surface area contributed by atoms with Crippen molar-refractivity contribution < 1.29 is 27.8 Å². The van der Waals surface area contributed by atoms with E-state index in [-0.39, 0.29) is 17.9 Å². The number of carboxylic acids is 1. The average Bonchev–Trinajstić information content (AvgIpc) is 2.74. The molecule has 2 saturated heterocycles. The quantitative estimate of drug-likeness (QED) is 0.677. The molecule has 1 saturated carbocycles. The highest BCUT2D eigenvalue weighted by molar-refractivity contribution is 7.91. The first kappa shape index (κ1) is 20.9. The van der Waals surface area contributed by atoms with Crippen LogP contribution in [0.2, 0.25) is 0 Å². The molecule has 3 aliphatic rings. The SMILES string of the molecule is O=C(O)CCS(=O)(=O)CC12CCC(c3cccc(Oc4ccccc4)c3)(CC1)OC2. The summed E-state index contributed by atoms with van der Waals surface area (Å²) in [6.07, 6.45) is 2.65. The maximum Gasteiger partial charge on any atom is 0.304 e. The Morgan fingerprint density at radius 3 is 2.33 bits per heavy atom. The lowest BCUT2D eigenvalue weighted by molar-refractivity contribution is -0.182. The summed E-state index contributed by atoms with van der Waals surface area (Å²) in [4.78, 5) is 10.7. The monoisotopic (exact) mass is 430 g/mol. The maximum atomic E-state index is 12.4. The summed E-state index contributed by atoms with van der Waals surface area (Å²) in [5.74, 6) is 0.117. The van der Waals surface area contributed by atoms with Gasteiger partial charge in [-0.1, -0.05) is 30.3 Å². The number of carbonyl (C=O) groups is 1. The zero-order chi connectivity index (χ0) is 21.2. The molecule has 3 fully saturated rings. The van der Waals surface area contributed by atoms with Crippen LogP contribution in [0.15, 0.2) is 54.6 Å². The van der Waals surface area contributed by atoms with Crippen LogP contribution < -0.4 is 4.74 Å². The van der Waals surface area contributed by atoms with Crippen molar-refractivity contribution in [3.8, 4) is 11.5 Å². The Kier molecular flexibility index (Phi) is 5.59. The number of hydrogen-bond donors (Lipinski definition) is 1. The Balaban J connectivity index is 1.45. The Bertz CT molecular complexity index is 990. The largest absolute Gasteiger partial charge is 0.481 e. The van der Waals surface area contributed by atoms with Gasteiger partial charge < -0.3 is 14.6 Å². The Hall–Kier alpha value is -2.38. The number of para-hydroxylation sites is 1. The molecule has 1 N–H and O–H groups in total. The van der Waals surface area contributed by atoms with Gasteiger partial charge in [-0.2, -0.15) is 0 Å². The highest BCUT2D eigenvalue weighted by Crippen LogP contribution is 2.54. The van der Waals surface area contributed by atoms with E-state index >= 15 is 0 Å². The van der Waals surface area contributed by atoms with Gasteiger partial charge in [0.1, 0.15) is 11.5 Å². The predicted octanol–water partition coefficient (Wildman–Crippen LogP) is 4.15. The van der Waals surface area contributed by atoms with Crippen molar-refractivity contribution in [2.45, 2.75) is 37.7 Å². The summed E-state index contributed by atoms with van der Waals surface area (Å²) in [6.45, 7) is 0.378. The smallest absolute Gasteiger partial charge is 0.304 e. The van der Waals surface area contributed by atoms with Crippen LogP contribution in [-0.2, 0) is 25.0 Å². The summed E-state index contributed by atoms with van der Waals surface area (Å²) >= 11 is 0. The third-order valence-corrected chi connectivity index (χ3v) is 8.14. The predicted molar refractivity (Wildman–Crippen MR) is 112 cm³/mol. The molecule has 5 rings (SSSR count). The Morgan fingerprint density at radius 2 is 1.70 bits per heavy atom. The Morgan fingerprint density at radius 1 is 1.00 bits per heavy atom. The zero-order valence-corrected chi connectivity index (χ0v) is 17.6. The summed E-state index contributed by atoms with van der Waals surface area (Å²) in [5.41, 5.74) is 0.234. The second-order valence-electron chi connectivity index (χ2n) is 8.46. The van der Waals surface area contributed by atoms with E-state index < -0.39 is 26.8 Å². The second-order valence-corrected chi connectivity index (χ2v) is 10.6. The number of benzene rings is 2. The van der Waals surface area contributed by atoms with Crippen LogP contribution in [0, 0.1) is 5.41 Å². The van der Waals surface area contributed by atoms with E-state index in [1.54, 1.807) is 0 Å². The van der Waals surface area contributed by atoms with Gasteiger partial charge in [0.05, 0.1) is 30.1 Å². The molecule has 0 radical (unpaired) electrons. The molecule has 6 nitrogen and oxygen atoms in total. The molecule has 2 aromatic rings. The minimum absolute atomic E-state index is 0.000514. The minimum atomic E-state index is -3.43. The molecule has 30 heavy (non-hydrogen) atoms. The fraction of sp³-hybridized carbons (Fsp3) is 0.435. The normalized spacial score (nSPS) is 25.7. The Labute approximate surface area is 176 Å². The molecule has 0 spiro atoms. The molecule has 7 heteroatoms. The number of ether oxygens (including phenoxy) is 2. The van der Waals surface area contributed by atoms with Crippen LogP contribution in [0.4, 0.5) is 0 Å². The molecule has 0 atom stereocenters. The van der Waals surface area contributed by atoms with E-state index in [0.717, 1.165) is 42.7 Å². The number of hydrogen-bond acceptors (Lipinski definition) is 5. The highest BCUT2D eigenvalue weighted by Gasteiger charge is 2.52. The van der Waals surface area contributed by atoms with Crippen molar-refractivity contribution in [1.82, 2.24) is 0 Å². The van der Waals surface area contributed by atoms with Crippen LogP contribution in [0.3, 0.4) is 0 Å². The van der Waals surface area contributed by atoms with E-state index in [0.29, 0.717) is 6.61 Å². The number of fused-ring (bicyclic) bond motifs is 3. The van der Waals surface area contributed by atoms with Crippen molar-refractivity contribution in [3.05, 3.63) is 60.2 Å². The van der Waals surface area contributed by atoms with Gasteiger partial charge in [-0.05, 0) is 55.5 Å². The third kappa shape index (κ3) is 4.52. The van der Waals surface area contributed by atoms with Crippen molar-refractivity contribution in [3.63, 3.8) is 0 Å². The first-order valence-corrected chi connectivity index (χ1v) is 12.0. The lowest BCUT2D eigenvalue weighted by Crippen LogP contribution is -2.52. The molecule has 160 valence electrons. The van der Waals surface area contributed by atoms with Crippen LogP contribution in [0.5, 0.6) is 11.5 Å². The summed E-state index contributed by atoms with van der Waals surface area (Å²) in [6, 6.07) is 17.5. The molecule has 2 aliphatic heterocycles. The fourth-order valence-electron chi connectivity index (χ4n) is 4.57. The van der Waals surface area contributed by atoms with E-state index in [1.165, 1.54) is 0 Å². The molecule has 2 heterocycles. The van der Waals surface area contributed by atoms with Crippen molar-refractivity contribution in [2.75, 3.05) is 18.1 Å². The van der Waals surface area contributed by atoms with E-state index in [9.17, 15) is 13.2 Å². The van der Waals surface area contributed by atoms with Gasteiger partial charge in [0.15, 0.2) is 9.84 Å². The zero-order valence-electron chi connectivity index (χ0n) is 16.7. The molecular weight excluding hydrogens is 404 g/mol. The molecule has 2 bridgehead atoms. The van der Waals surface area contributed by atoms with E-state index in [2.05, 4.69) is 0 Å². The van der Waals surface area contributed by atoms with Crippen LogP contribution >= 0.6 is 0 Å². The number of carboxylic acid groups (broad SMARTS) is 1. The molecule has 0 aromatic heterocycles. The van der Waals surface area contributed by atoms with Gasteiger partial charge in [0.25, 0.3) is 0 Å². The molecule has 0 amide bonds. The molecule has 1 aliphatic carbocycles. The van der Waals surface area contributed by atoms with Gasteiger partial charge >= 0.3 is 5.97 Å². The lowest BCUT2D eigenvalue weighted by Gasteiger charge is -2.53. The standard InChI is InChI=1S/C23H26O6S/c24-21(25)9-14-30(26,27)17-22-10-12-23(13-11-22,28-16-22)18-5-4-8-20(15-18)29-19-6-2-1-3-7-19/h1-8,15H,9-14,16-17H2,(H,24,25). The molecular formula is C23H26O6S. The van der Waals surface area contributed by atoms with Crippen LogP contribution in [0.1, 0.15) is 37.7 Å². The molecule has 0 unspecified atom stereocenters. The minimum Gasteiger partial charge on any atom is -0.481 e. The first-order chi connectivity index (χ1) is 14.3. The number of rotatable bonds is 8. The summed E-state index contributed by atoms with van der Waals surface area (Å²) < 4.78 is 37.1. The first-order valence-electron chi connectivity index (χ1n) is 10.2. The van der Waals surface area contributed by atoms with E-state index in [4.69, 9.17) is 14.6 Å². The van der Waals surface area contributed by atoms with Crippen molar-refractivity contribution in [1.29, 1.82) is 0 Å². The van der Waals surface area contributed by atoms with Crippen LogP contribution in [-0.4, -0.2) is 37.6 Å². The van der Waals surface area contributed by atoms with E-state index in [1.807, 2.05) is 54.6 Å². The number of sulfone groups is 1.